The van der Waals surface area contributed by atoms with Gasteiger partial charge in [-0.3, -0.25) is 0 Å². The van der Waals surface area contributed by atoms with Gasteiger partial charge < -0.3 is 4.74 Å². The molecule has 1 rings (SSSR count). The maximum atomic E-state index is 11.0. The van der Waals surface area contributed by atoms with E-state index in [4.69, 9.17) is 0 Å². The fourth-order valence-electron chi connectivity index (χ4n) is 0.720. The highest BCUT2D eigenvalue weighted by Gasteiger charge is 2.27. The first-order valence-electron chi connectivity index (χ1n) is 4.00. The molecule has 0 spiro atoms. The minimum atomic E-state index is -3.71. The predicted octanol–water partition coefficient (Wildman–Crippen LogP) is -0.271. The van der Waals surface area contributed by atoms with Crippen LogP contribution in [0.25, 0.3) is 0 Å². The van der Waals surface area contributed by atoms with Gasteiger partial charge in [-0.25, -0.2) is 9.52 Å². The summed E-state index contributed by atoms with van der Waals surface area (Å²) in [6.07, 6.45) is 0.698. The molecule has 0 aromatic heterocycles. The highest BCUT2D eigenvalue weighted by Crippen LogP contribution is 2.19. The minimum absolute atomic E-state index is 0.0214. The van der Waals surface area contributed by atoms with E-state index in [2.05, 4.69) is 9.46 Å². The molecule has 1 amide bonds. The van der Waals surface area contributed by atoms with Crippen LogP contribution < -0.4 is 9.44 Å². The molecular formula is C6H12N2O4S. The van der Waals surface area contributed by atoms with E-state index in [0.717, 1.165) is 12.8 Å². The largest absolute Gasteiger partial charge is 0.449 e. The van der Waals surface area contributed by atoms with Crippen molar-refractivity contribution in [2.24, 2.45) is 0 Å². The topological polar surface area (TPSA) is 84.5 Å². The maximum absolute atomic E-state index is 11.0. The fraction of sp³-hybridized carbons (Fsp3) is 0.833. The third kappa shape index (κ3) is 4.09. The number of ether oxygens (including phenoxy) is 1. The summed E-state index contributed by atoms with van der Waals surface area (Å²) in [5, 5.41) is 0. The van der Waals surface area contributed by atoms with Gasteiger partial charge in [0.25, 0.3) is 0 Å². The van der Waals surface area contributed by atoms with E-state index < -0.39 is 16.3 Å². The molecule has 13 heavy (non-hydrogen) atoms. The molecule has 6 nitrogen and oxygen atoms in total. The van der Waals surface area contributed by atoms with Crippen molar-refractivity contribution in [1.29, 1.82) is 0 Å². The van der Waals surface area contributed by atoms with Crippen molar-refractivity contribution in [2.75, 3.05) is 6.61 Å². The molecule has 0 bridgehead atoms. The number of carbonyl (C=O) groups is 1. The van der Waals surface area contributed by atoms with Crippen LogP contribution in [0.15, 0.2) is 0 Å². The summed E-state index contributed by atoms with van der Waals surface area (Å²) in [4.78, 5) is 10.7. The Morgan fingerprint density at radius 2 is 2.15 bits per heavy atom. The van der Waals surface area contributed by atoms with Crippen LogP contribution in [0.3, 0.4) is 0 Å². The standard InChI is InChI=1S/C6H12N2O4S/c1-2-12-6(9)8-13(10,11)7-5-3-4-5/h5,7H,2-4H2,1H3,(H,8,9). The number of nitrogens with one attached hydrogen (secondary N) is 2. The monoisotopic (exact) mass is 208 g/mol. The van der Waals surface area contributed by atoms with Crippen molar-refractivity contribution in [3.63, 3.8) is 0 Å². The third-order valence-corrected chi connectivity index (χ3v) is 2.47. The van der Waals surface area contributed by atoms with Gasteiger partial charge in [0.15, 0.2) is 0 Å². The number of hydrogen-bond donors (Lipinski definition) is 2. The number of rotatable bonds is 4. The Kier molecular flexibility index (Phi) is 3.10. The lowest BCUT2D eigenvalue weighted by atomic mass is 10.8. The molecule has 0 aromatic rings. The molecule has 0 unspecified atom stereocenters. The molecule has 0 aromatic carbocycles. The zero-order valence-electron chi connectivity index (χ0n) is 7.24. The first-order chi connectivity index (χ1) is 6.03. The average Bonchev–Trinajstić information content (AvgIpc) is 2.69. The van der Waals surface area contributed by atoms with Crippen molar-refractivity contribution in [3.05, 3.63) is 0 Å². The van der Waals surface area contributed by atoms with E-state index in [9.17, 15) is 13.2 Å². The van der Waals surface area contributed by atoms with Crippen molar-refractivity contribution in [1.82, 2.24) is 9.44 Å². The Labute approximate surface area is 76.8 Å². The Balaban J connectivity index is 2.36. The van der Waals surface area contributed by atoms with Crippen LogP contribution in [0.4, 0.5) is 4.79 Å². The first-order valence-corrected chi connectivity index (χ1v) is 5.48. The number of carbonyl (C=O) groups excluding carboxylic acids is 1. The van der Waals surface area contributed by atoms with Gasteiger partial charge in [-0.15, -0.1) is 0 Å². The SMILES string of the molecule is CCOC(=O)NS(=O)(=O)NC1CC1. The molecule has 1 saturated carbocycles. The number of amides is 1. The zero-order valence-corrected chi connectivity index (χ0v) is 8.06. The minimum Gasteiger partial charge on any atom is -0.449 e. The normalized spacial score (nSPS) is 16.7. The second-order valence-corrected chi connectivity index (χ2v) is 4.16. The summed E-state index contributed by atoms with van der Waals surface area (Å²) in [5.74, 6) is 0. The highest BCUT2D eigenvalue weighted by molar-refractivity contribution is 7.88. The molecule has 0 aliphatic heterocycles. The van der Waals surface area contributed by atoms with Crippen molar-refractivity contribution in [3.8, 4) is 0 Å². The van der Waals surface area contributed by atoms with Gasteiger partial charge in [-0.1, -0.05) is 0 Å². The Morgan fingerprint density at radius 3 is 2.62 bits per heavy atom. The lowest BCUT2D eigenvalue weighted by Gasteiger charge is -2.06. The van der Waals surface area contributed by atoms with Crippen LogP contribution in [-0.4, -0.2) is 27.2 Å². The molecule has 1 aliphatic carbocycles. The van der Waals surface area contributed by atoms with Gasteiger partial charge >= 0.3 is 16.3 Å². The quantitative estimate of drug-likeness (QED) is 0.666. The smallest absolute Gasteiger partial charge is 0.421 e. The molecule has 2 N–H and O–H groups in total. The van der Waals surface area contributed by atoms with Gasteiger partial charge in [0.1, 0.15) is 0 Å². The van der Waals surface area contributed by atoms with E-state index in [-0.39, 0.29) is 12.6 Å². The second-order valence-electron chi connectivity index (χ2n) is 2.72. The van der Waals surface area contributed by atoms with Crippen LogP contribution in [0.5, 0.6) is 0 Å². The molecule has 1 aliphatic rings. The second kappa shape index (κ2) is 3.93. The zero-order chi connectivity index (χ0) is 9.90. The van der Waals surface area contributed by atoms with Crippen molar-refractivity contribution < 1.29 is 17.9 Å². The van der Waals surface area contributed by atoms with Crippen molar-refractivity contribution in [2.45, 2.75) is 25.8 Å². The summed E-state index contributed by atoms with van der Waals surface area (Å²) >= 11 is 0. The van der Waals surface area contributed by atoms with E-state index in [1.54, 1.807) is 11.6 Å². The molecule has 1 fully saturated rings. The lowest BCUT2D eigenvalue weighted by Crippen LogP contribution is -2.41. The molecule has 0 heterocycles. The maximum Gasteiger partial charge on any atom is 0.421 e. The molecule has 7 heteroatoms. The van der Waals surface area contributed by atoms with Crippen LogP contribution in [0.2, 0.25) is 0 Å². The van der Waals surface area contributed by atoms with Crippen LogP contribution in [0.1, 0.15) is 19.8 Å². The van der Waals surface area contributed by atoms with Crippen LogP contribution in [-0.2, 0) is 14.9 Å². The van der Waals surface area contributed by atoms with E-state index in [1.807, 2.05) is 0 Å². The molecule has 0 radical (unpaired) electrons. The summed E-state index contributed by atoms with van der Waals surface area (Å²) in [6, 6.07) is -0.0214. The van der Waals surface area contributed by atoms with Gasteiger partial charge in [-0.05, 0) is 19.8 Å². The summed E-state index contributed by atoms with van der Waals surface area (Å²) in [7, 11) is -3.71. The van der Waals surface area contributed by atoms with Crippen LogP contribution in [0, 0.1) is 0 Å². The summed E-state index contributed by atoms with van der Waals surface area (Å²) in [5.41, 5.74) is 0. The third-order valence-electron chi connectivity index (χ3n) is 1.39. The van der Waals surface area contributed by atoms with Crippen LogP contribution >= 0.6 is 0 Å². The molecule has 0 atom stereocenters. The van der Waals surface area contributed by atoms with Crippen molar-refractivity contribution >= 4 is 16.3 Å². The van der Waals surface area contributed by atoms with Gasteiger partial charge in [0.05, 0.1) is 6.61 Å². The van der Waals surface area contributed by atoms with E-state index >= 15 is 0 Å². The van der Waals surface area contributed by atoms with E-state index in [1.165, 1.54) is 0 Å². The molecule has 0 saturated heterocycles. The average molecular weight is 208 g/mol. The van der Waals surface area contributed by atoms with Gasteiger partial charge in [0.2, 0.25) is 0 Å². The Morgan fingerprint density at radius 1 is 1.54 bits per heavy atom. The van der Waals surface area contributed by atoms with Gasteiger partial charge in [0, 0.05) is 6.04 Å². The summed E-state index contributed by atoms with van der Waals surface area (Å²) in [6.45, 7) is 1.74. The first kappa shape index (κ1) is 10.3. The lowest BCUT2D eigenvalue weighted by molar-refractivity contribution is 0.158. The Hall–Kier alpha value is -0.820. The Bertz CT molecular complexity index is 283. The fourth-order valence-corrected chi connectivity index (χ4v) is 1.73. The van der Waals surface area contributed by atoms with E-state index in [0.29, 0.717) is 0 Å². The molecule has 76 valence electrons. The highest BCUT2D eigenvalue weighted by atomic mass is 32.2. The van der Waals surface area contributed by atoms with Gasteiger partial charge in [-0.2, -0.15) is 13.1 Å². The summed E-state index contributed by atoms with van der Waals surface area (Å²) < 4.78 is 30.5. The predicted molar refractivity (Wildman–Crippen MR) is 45.2 cm³/mol. The number of hydrogen-bond acceptors (Lipinski definition) is 4. The molecular weight excluding hydrogens is 196 g/mol.